The van der Waals surface area contributed by atoms with Crippen LogP contribution in [0.1, 0.15) is 45.1 Å². The Morgan fingerprint density at radius 1 is 1.09 bits per heavy atom. The Balaban J connectivity index is 1.50. The Kier molecular flexibility index (Phi) is 6.29. The molecule has 2 aromatic heterocycles. The minimum absolute atomic E-state index is 0.0496. The Bertz CT molecular complexity index is 1270. The summed E-state index contributed by atoms with van der Waals surface area (Å²) in [5.74, 6) is 0.808. The average molecular weight is 484 g/mol. The van der Waals surface area contributed by atoms with E-state index in [0.29, 0.717) is 30.4 Å². The molecule has 2 aliphatic rings. The van der Waals surface area contributed by atoms with Crippen molar-refractivity contribution < 1.29 is 16.8 Å². The summed E-state index contributed by atoms with van der Waals surface area (Å²) in [4.78, 5) is 21.7. The maximum absolute atomic E-state index is 12.7. The van der Waals surface area contributed by atoms with Gasteiger partial charge in [0.2, 0.25) is 16.0 Å². The van der Waals surface area contributed by atoms with E-state index in [-0.39, 0.29) is 30.7 Å². The second-order valence-electron chi connectivity index (χ2n) is 8.96. The molecule has 0 radical (unpaired) electrons. The standard InChI is InChI=1S/C20H29N5O5S2/c1-14-4-3-5-17(14)25-18(26)7-6-15-12-21-20(23-19(15)25)22-16-8-10-24(11-9-16)32(29,30)13-31(2,27)28/h6-7,12,14,16-17H,3-5,8-11,13H2,1-2H3,(H,21,22,23)/t14-,17+/m0/s1. The van der Waals surface area contributed by atoms with Crippen LogP contribution in [0.2, 0.25) is 0 Å². The van der Waals surface area contributed by atoms with Crippen LogP contribution in [0.3, 0.4) is 0 Å². The topological polar surface area (TPSA) is 131 Å². The van der Waals surface area contributed by atoms with Crippen molar-refractivity contribution in [2.24, 2.45) is 5.92 Å². The molecule has 1 saturated carbocycles. The largest absolute Gasteiger partial charge is 0.351 e. The van der Waals surface area contributed by atoms with Crippen LogP contribution in [0.4, 0.5) is 5.95 Å². The van der Waals surface area contributed by atoms with Crippen molar-refractivity contribution in [1.82, 2.24) is 18.8 Å². The molecule has 0 aromatic carbocycles. The molecule has 3 heterocycles. The lowest BCUT2D eigenvalue weighted by molar-refractivity contribution is 0.330. The van der Waals surface area contributed by atoms with Crippen LogP contribution in [0.5, 0.6) is 0 Å². The summed E-state index contributed by atoms with van der Waals surface area (Å²) >= 11 is 0. The molecule has 1 N–H and O–H groups in total. The molecule has 12 heteroatoms. The molecular weight excluding hydrogens is 454 g/mol. The zero-order chi connectivity index (χ0) is 23.1. The number of sulfonamides is 1. The molecule has 1 aliphatic heterocycles. The number of nitrogens with zero attached hydrogens (tertiary/aromatic N) is 4. The average Bonchev–Trinajstić information content (AvgIpc) is 3.12. The van der Waals surface area contributed by atoms with E-state index in [2.05, 4.69) is 22.2 Å². The van der Waals surface area contributed by atoms with Gasteiger partial charge in [0.05, 0.1) is 0 Å². The number of sulfone groups is 1. The van der Waals surface area contributed by atoms with Gasteiger partial charge < -0.3 is 5.32 Å². The highest BCUT2D eigenvalue weighted by Crippen LogP contribution is 2.35. The van der Waals surface area contributed by atoms with E-state index >= 15 is 0 Å². The first kappa shape index (κ1) is 23.1. The van der Waals surface area contributed by atoms with E-state index < -0.39 is 24.9 Å². The van der Waals surface area contributed by atoms with Gasteiger partial charge in [-0.05, 0) is 37.7 Å². The van der Waals surface area contributed by atoms with Crippen LogP contribution in [0.25, 0.3) is 11.0 Å². The third-order valence-electron chi connectivity index (χ3n) is 6.36. The van der Waals surface area contributed by atoms with Gasteiger partial charge in [0.25, 0.3) is 5.56 Å². The summed E-state index contributed by atoms with van der Waals surface area (Å²) in [6, 6.07) is 3.38. The van der Waals surface area contributed by atoms with Gasteiger partial charge in [0.15, 0.2) is 14.9 Å². The molecule has 32 heavy (non-hydrogen) atoms. The quantitative estimate of drug-likeness (QED) is 0.652. The number of hydrogen-bond donors (Lipinski definition) is 1. The van der Waals surface area contributed by atoms with E-state index in [1.165, 1.54) is 4.31 Å². The summed E-state index contributed by atoms with van der Waals surface area (Å²) in [6.45, 7) is 2.62. The van der Waals surface area contributed by atoms with Crippen molar-refractivity contribution in [3.8, 4) is 0 Å². The number of anilines is 1. The SMILES string of the molecule is C[C@H]1CCC[C@H]1n1c(=O)ccc2cnc(NC3CCN(S(=O)(=O)CS(C)(=O)=O)CC3)nc21. The molecule has 10 nitrogen and oxygen atoms in total. The van der Waals surface area contributed by atoms with E-state index in [9.17, 15) is 21.6 Å². The first-order valence-corrected chi connectivity index (χ1v) is 14.5. The molecule has 2 fully saturated rings. The first-order valence-electron chi connectivity index (χ1n) is 10.8. The highest BCUT2D eigenvalue weighted by atomic mass is 32.3. The molecule has 0 bridgehead atoms. The summed E-state index contributed by atoms with van der Waals surface area (Å²) < 4.78 is 50.4. The molecule has 4 rings (SSSR count). The lowest BCUT2D eigenvalue weighted by Gasteiger charge is -2.31. The Labute approximate surface area is 188 Å². The molecule has 1 aliphatic carbocycles. The second kappa shape index (κ2) is 8.71. The van der Waals surface area contributed by atoms with Gasteiger partial charge in [0, 0.05) is 49.1 Å². The smallest absolute Gasteiger partial charge is 0.252 e. The molecule has 2 aromatic rings. The summed E-state index contributed by atoms with van der Waals surface area (Å²) in [5.41, 5.74) is 0.548. The number of nitrogens with one attached hydrogen (secondary N) is 1. The van der Waals surface area contributed by atoms with Gasteiger partial charge >= 0.3 is 0 Å². The normalized spacial score (nSPS) is 23.6. The highest BCUT2D eigenvalue weighted by Gasteiger charge is 2.31. The van der Waals surface area contributed by atoms with Crippen LogP contribution in [0.15, 0.2) is 23.1 Å². The van der Waals surface area contributed by atoms with Crippen LogP contribution in [-0.2, 0) is 19.9 Å². The van der Waals surface area contributed by atoms with E-state index in [1.54, 1.807) is 22.9 Å². The molecular formula is C20H29N5O5S2. The predicted octanol–water partition coefficient (Wildman–Crippen LogP) is 1.36. The van der Waals surface area contributed by atoms with Gasteiger partial charge in [-0.2, -0.15) is 4.98 Å². The second-order valence-corrected chi connectivity index (χ2v) is 13.4. The maximum Gasteiger partial charge on any atom is 0.252 e. The fraction of sp³-hybridized carbons (Fsp3) is 0.650. The number of hydrogen-bond acceptors (Lipinski definition) is 8. The minimum atomic E-state index is -3.84. The fourth-order valence-corrected chi connectivity index (χ4v) is 8.27. The van der Waals surface area contributed by atoms with E-state index in [4.69, 9.17) is 0 Å². The molecule has 176 valence electrons. The van der Waals surface area contributed by atoms with Crippen LogP contribution in [-0.4, -0.2) is 66.1 Å². The maximum atomic E-state index is 12.7. The van der Waals surface area contributed by atoms with Crippen molar-refractivity contribution in [1.29, 1.82) is 0 Å². The van der Waals surface area contributed by atoms with Gasteiger partial charge in [0.1, 0.15) is 5.65 Å². The molecule has 0 amide bonds. The zero-order valence-electron chi connectivity index (χ0n) is 18.3. The molecule has 1 saturated heterocycles. The molecule has 0 unspecified atom stereocenters. The number of piperidine rings is 1. The van der Waals surface area contributed by atoms with Crippen molar-refractivity contribution in [2.45, 2.75) is 51.1 Å². The molecule has 2 atom stereocenters. The van der Waals surface area contributed by atoms with Crippen molar-refractivity contribution in [3.63, 3.8) is 0 Å². The van der Waals surface area contributed by atoms with E-state index in [1.807, 2.05) is 0 Å². The van der Waals surface area contributed by atoms with Gasteiger partial charge in [-0.1, -0.05) is 13.3 Å². The van der Waals surface area contributed by atoms with Gasteiger partial charge in [-0.3, -0.25) is 9.36 Å². The number of aromatic nitrogens is 3. The number of pyridine rings is 1. The van der Waals surface area contributed by atoms with Crippen LogP contribution < -0.4 is 10.9 Å². The summed E-state index contributed by atoms with van der Waals surface area (Å²) in [7, 11) is -7.47. The van der Waals surface area contributed by atoms with Crippen molar-refractivity contribution in [2.75, 3.05) is 29.7 Å². The van der Waals surface area contributed by atoms with Gasteiger partial charge in [-0.15, -0.1) is 0 Å². The Hall–Kier alpha value is -2.05. The summed E-state index contributed by atoms with van der Waals surface area (Å²) in [6.07, 6.45) is 6.76. The van der Waals surface area contributed by atoms with Crippen LogP contribution >= 0.6 is 0 Å². The Morgan fingerprint density at radius 2 is 1.81 bits per heavy atom. The van der Waals surface area contributed by atoms with E-state index in [0.717, 1.165) is 30.9 Å². The monoisotopic (exact) mass is 483 g/mol. The predicted molar refractivity (Wildman–Crippen MR) is 123 cm³/mol. The van der Waals surface area contributed by atoms with Crippen molar-refractivity contribution in [3.05, 3.63) is 28.7 Å². The third kappa shape index (κ3) is 4.96. The minimum Gasteiger partial charge on any atom is -0.351 e. The lowest BCUT2D eigenvalue weighted by atomic mass is 10.1. The van der Waals surface area contributed by atoms with Crippen molar-refractivity contribution >= 4 is 36.8 Å². The first-order chi connectivity index (χ1) is 15.0. The lowest BCUT2D eigenvalue weighted by Crippen LogP contribution is -2.44. The number of rotatable bonds is 6. The van der Waals surface area contributed by atoms with Gasteiger partial charge in [-0.25, -0.2) is 26.1 Å². The van der Waals surface area contributed by atoms with Crippen LogP contribution in [0, 0.1) is 5.92 Å². The third-order valence-corrected chi connectivity index (χ3v) is 10.4. The summed E-state index contributed by atoms with van der Waals surface area (Å²) in [5, 5.41) is 3.19. The number of fused-ring (bicyclic) bond motifs is 1. The zero-order valence-corrected chi connectivity index (χ0v) is 19.9. The highest BCUT2D eigenvalue weighted by molar-refractivity contribution is 8.06. The fourth-order valence-electron chi connectivity index (χ4n) is 4.74. The Morgan fingerprint density at radius 3 is 2.44 bits per heavy atom. The molecule has 0 spiro atoms.